The number of methoxy groups -OCH3 is 1. The number of likely N-dealkylation sites (tertiary alicyclic amines) is 1. The van der Waals surface area contributed by atoms with Crippen LogP contribution in [0.3, 0.4) is 0 Å². The Morgan fingerprint density at radius 1 is 1.09 bits per heavy atom. The number of nitrogens with zero attached hydrogens (tertiary/aromatic N) is 3. The van der Waals surface area contributed by atoms with Gasteiger partial charge in [0.05, 0.1) is 31.4 Å². The highest BCUT2D eigenvalue weighted by molar-refractivity contribution is 7.09. The van der Waals surface area contributed by atoms with Gasteiger partial charge >= 0.3 is 0 Å². The molecule has 34 heavy (non-hydrogen) atoms. The summed E-state index contributed by atoms with van der Waals surface area (Å²) in [5, 5.41) is 2.54. The van der Waals surface area contributed by atoms with Crippen molar-refractivity contribution in [1.29, 1.82) is 0 Å². The Kier molecular flexibility index (Phi) is 10.0. The molecule has 2 aromatic rings. The van der Waals surface area contributed by atoms with Crippen LogP contribution in [0.25, 0.3) is 0 Å². The van der Waals surface area contributed by atoms with Crippen LogP contribution in [0.1, 0.15) is 44.7 Å². The van der Waals surface area contributed by atoms with Crippen molar-refractivity contribution < 1.29 is 28.6 Å². The third-order valence-electron chi connectivity index (χ3n) is 5.45. The van der Waals surface area contributed by atoms with Crippen LogP contribution in [0, 0.1) is 0 Å². The van der Waals surface area contributed by atoms with Gasteiger partial charge in [-0.2, -0.15) is 0 Å². The minimum atomic E-state index is -0.471. The molecular formula is C22H31N5O6S. The summed E-state index contributed by atoms with van der Waals surface area (Å²) in [6.45, 7) is 3.09. The fourth-order valence-corrected chi connectivity index (χ4v) is 4.48. The van der Waals surface area contributed by atoms with Gasteiger partial charge in [0, 0.05) is 44.7 Å². The van der Waals surface area contributed by atoms with Gasteiger partial charge in [-0.1, -0.05) is 0 Å². The van der Waals surface area contributed by atoms with Crippen LogP contribution in [0.15, 0.2) is 23.7 Å². The predicted octanol–water partition coefficient (Wildman–Crippen LogP) is 0.942. The van der Waals surface area contributed by atoms with Crippen LogP contribution in [-0.4, -0.2) is 85.4 Å². The molecule has 0 unspecified atom stereocenters. The van der Waals surface area contributed by atoms with E-state index in [0.29, 0.717) is 45.2 Å². The Balaban J connectivity index is 1.37. The third kappa shape index (κ3) is 7.35. The molecule has 0 saturated carbocycles. The first-order valence-electron chi connectivity index (χ1n) is 11.1. The number of piperidine rings is 1. The molecule has 2 N–H and O–H groups in total. The number of rotatable bonds is 11. The van der Waals surface area contributed by atoms with E-state index in [-0.39, 0.29) is 24.1 Å². The summed E-state index contributed by atoms with van der Waals surface area (Å²) >= 11 is 1.41. The standard InChI is InChI=1S/C22H31N5O6S/c1-26-7-3-4-18(26)21(30)25-24-20(29)17-15-34-22(23-17)16-5-8-27(9-6-16)19(28)14-33-13-12-32-11-10-31-2/h3-4,7,15-16H,5-6,8-14H2,1-2H3,(H,24,29)(H,25,30). The summed E-state index contributed by atoms with van der Waals surface area (Å²) in [6, 6.07) is 3.40. The summed E-state index contributed by atoms with van der Waals surface area (Å²) in [4.78, 5) is 43.1. The summed E-state index contributed by atoms with van der Waals surface area (Å²) in [5.41, 5.74) is 5.49. The van der Waals surface area contributed by atoms with Crippen molar-refractivity contribution in [1.82, 2.24) is 25.3 Å². The molecule has 3 amide bonds. The Hall–Kier alpha value is -2.80. The first kappa shape index (κ1) is 25.8. The van der Waals surface area contributed by atoms with Gasteiger partial charge in [-0.15, -0.1) is 11.3 Å². The Labute approximate surface area is 202 Å². The molecule has 1 saturated heterocycles. The molecule has 12 heteroatoms. The van der Waals surface area contributed by atoms with E-state index >= 15 is 0 Å². The van der Waals surface area contributed by atoms with Crippen molar-refractivity contribution in [2.24, 2.45) is 7.05 Å². The van der Waals surface area contributed by atoms with Gasteiger partial charge in [-0.25, -0.2) is 4.98 Å². The van der Waals surface area contributed by atoms with Crippen molar-refractivity contribution in [3.8, 4) is 0 Å². The first-order chi connectivity index (χ1) is 16.5. The van der Waals surface area contributed by atoms with Crippen LogP contribution in [0.5, 0.6) is 0 Å². The SMILES string of the molecule is COCCOCCOCC(=O)N1CCC(c2nc(C(=O)NNC(=O)c3cccn3C)cs2)CC1. The highest BCUT2D eigenvalue weighted by atomic mass is 32.1. The molecule has 0 bridgehead atoms. The minimum absolute atomic E-state index is 0.0361. The van der Waals surface area contributed by atoms with E-state index < -0.39 is 11.8 Å². The monoisotopic (exact) mass is 493 g/mol. The molecule has 3 rings (SSSR count). The molecule has 0 atom stereocenters. The highest BCUT2D eigenvalue weighted by Crippen LogP contribution is 2.30. The molecule has 1 aliphatic rings. The number of nitrogens with one attached hydrogen (secondary N) is 2. The summed E-state index contributed by atoms with van der Waals surface area (Å²) < 4.78 is 17.2. The largest absolute Gasteiger partial charge is 0.382 e. The van der Waals surface area contributed by atoms with E-state index in [9.17, 15) is 14.4 Å². The van der Waals surface area contributed by atoms with Crippen LogP contribution < -0.4 is 10.9 Å². The second kappa shape index (κ2) is 13.2. The summed E-state index contributed by atoms with van der Waals surface area (Å²) in [5.74, 6) is -0.732. The van der Waals surface area contributed by atoms with Crippen LogP contribution in [0.4, 0.5) is 0 Å². The quantitative estimate of drug-likeness (QED) is 0.353. The minimum Gasteiger partial charge on any atom is -0.382 e. The summed E-state index contributed by atoms with van der Waals surface area (Å²) in [6.07, 6.45) is 3.28. The van der Waals surface area contributed by atoms with E-state index in [2.05, 4.69) is 15.8 Å². The number of carbonyl (C=O) groups is 3. The molecule has 0 spiro atoms. The fourth-order valence-electron chi connectivity index (χ4n) is 3.51. The molecular weight excluding hydrogens is 462 g/mol. The zero-order chi connectivity index (χ0) is 24.3. The average Bonchev–Trinajstić information content (AvgIpc) is 3.51. The zero-order valence-electron chi connectivity index (χ0n) is 19.5. The van der Waals surface area contributed by atoms with Gasteiger partial charge in [-0.3, -0.25) is 25.2 Å². The van der Waals surface area contributed by atoms with Gasteiger partial charge in [0.15, 0.2) is 0 Å². The molecule has 186 valence electrons. The molecule has 2 aromatic heterocycles. The average molecular weight is 494 g/mol. The van der Waals surface area contributed by atoms with Gasteiger partial charge in [0.25, 0.3) is 11.8 Å². The molecule has 0 aromatic carbocycles. The van der Waals surface area contributed by atoms with Crippen LogP contribution >= 0.6 is 11.3 Å². The lowest BCUT2D eigenvalue weighted by Crippen LogP contribution is -2.42. The second-order valence-electron chi connectivity index (χ2n) is 7.80. The second-order valence-corrected chi connectivity index (χ2v) is 8.69. The number of carbonyl (C=O) groups excluding carboxylic acids is 3. The maximum Gasteiger partial charge on any atom is 0.289 e. The van der Waals surface area contributed by atoms with E-state index in [4.69, 9.17) is 14.2 Å². The first-order valence-corrected chi connectivity index (χ1v) is 12.0. The molecule has 11 nitrogen and oxygen atoms in total. The number of aromatic nitrogens is 2. The Morgan fingerprint density at radius 3 is 2.50 bits per heavy atom. The number of ether oxygens (including phenoxy) is 3. The topological polar surface area (TPSA) is 124 Å². The van der Waals surface area contributed by atoms with Crippen molar-refractivity contribution in [3.05, 3.63) is 40.1 Å². The predicted molar refractivity (Wildman–Crippen MR) is 125 cm³/mol. The molecule has 0 aliphatic carbocycles. The van der Waals surface area contributed by atoms with Crippen molar-refractivity contribution in [2.75, 3.05) is 53.2 Å². The van der Waals surface area contributed by atoms with Crippen molar-refractivity contribution >= 4 is 29.1 Å². The van der Waals surface area contributed by atoms with Gasteiger partial charge in [0.1, 0.15) is 18.0 Å². The van der Waals surface area contributed by atoms with Gasteiger partial charge in [-0.05, 0) is 25.0 Å². The Morgan fingerprint density at radius 2 is 1.79 bits per heavy atom. The van der Waals surface area contributed by atoms with Crippen LogP contribution in [0.2, 0.25) is 0 Å². The van der Waals surface area contributed by atoms with E-state index in [1.165, 1.54) is 11.3 Å². The maximum absolute atomic E-state index is 12.4. The number of aryl methyl sites for hydroxylation is 1. The third-order valence-corrected chi connectivity index (χ3v) is 6.45. The van der Waals surface area contributed by atoms with Gasteiger partial charge in [0.2, 0.25) is 5.91 Å². The molecule has 1 fully saturated rings. The summed E-state index contributed by atoms with van der Waals surface area (Å²) in [7, 11) is 3.36. The van der Waals surface area contributed by atoms with E-state index in [0.717, 1.165) is 17.8 Å². The fraction of sp³-hybridized carbons (Fsp3) is 0.545. The smallest absolute Gasteiger partial charge is 0.289 e. The lowest BCUT2D eigenvalue weighted by molar-refractivity contribution is -0.137. The van der Waals surface area contributed by atoms with E-state index in [1.807, 2.05) is 0 Å². The van der Waals surface area contributed by atoms with Crippen molar-refractivity contribution in [2.45, 2.75) is 18.8 Å². The molecule has 1 aliphatic heterocycles. The number of thiazole rings is 1. The zero-order valence-corrected chi connectivity index (χ0v) is 20.3. The number of hydrogen-bond donors (Lipinski definition) is 2. The molecule has 0 radical (unpaired) electrons. The lowest BCUT2D eigenvalue weighted by Gasteiger charge is -2.31. The highest BCUT2D eigenvalue weighted by Gasteiger charge is 2.26. The Bertz CT molecular complexity index is 953. The maximum atomic E-state index is 12.4. The van der Waals surface area contributed by atoms with E-state index in [1.54, 1.807) is 47.3 Å². The van der Waals surface area contributed by atoms with Crippen LogP contribution in [-0.2, 0) is 26.1 Å². The number of hydrazine groups is 1. The van der Waals surface area contributed by atoms with Gasteiger partial charge < -0.3 is 23.7 Å². The molecule has 3 heterocycles. The van der Waals surface area contributed by atoms with Crippen molar-refractivity contribution in [3.63, 3.8) is 0 Å². The number of amides is 3. The number of hydrogen-bond acceptors (Lipinski definition) is 8. The normalized spacial score (nSPS) is 14.2. The lowest BCUT2D eigenvalue weighted by atomic mass is 9.97.